The molecule has 120 valence electrons. The van der Waals surface area contributed by atoms with E-state index in [1.165, 1.54) is 0 Å². The van der Waals surface area contributed by atoms with Gasteiger partial charge in [0.15, 0.2) is 0 Å². The molecule has 0 atom stereocenters. The molecule has 4 aromatic rings. The maximum atomic E-state index is 9.36. The maximum absolute atomic E-state index is 9.36. The van der Waals surface area contributed by atoms with E-state index in [2.05, 4.69) is 32.6 Å². The number of pyridine rings is 1. The summed E-state index contributed by atoms with van der Waals surface area (Å²) in [4.78, 5) is 8.69. The molecule has 5 rings (SSSR count). The molecular weight excluding hydrogens is 304 g/mol. The van der Waals surface area contributed by atoms with Crippen LogP contribution in [0.3, 0.4) is 0 Å². The lowest BCUT2D eigenvalue weighted by atomic mass is 9.90. The minimum absolute atomic E-state index is 0.192. The fourth-order valence-corrected chi connectivity index (χ4v) is 3.18. The zero-order valence-electron chi connectivity index (χ0n) is 12.9. The summed E-state index contributed by atoms with van der Waals surface area (Å²) in [5, 5.41) is 17.1. The summed E-state index contributed by atoms with van der Waals surface area (Å²) in [7, 11) is 0. The van der Waals surface area contributed by atoms with Crippen LogP contribution in [-0.4, -0.2) is 41.2 Å². The van der Waals surface area contributed by atoms with Gasteiger partial charge in [0.2, 0.25) is 5.95 Å². The Morgan fingerprint density at radius 2 is 2.04 bits per heavy atom. The third-order valence-corrected chi connectivity index (χ3v) is 4.56. The topological polar surface area (TPSA) is 79.8 Å². The Morgan fingerprint density at radius 3 is 2.92 bits per heavy atom. The van der Waals surface area contributed by atoms with E-state index in [0.29, 0.717) is 5.95 Å². The fraction of sp³-hybridized carbons (Fsp3) is 0.235. The van der Waals surface area contributed by atoms with Crippen LogP contribution in [0.1, 0.15) is 12.8 Å². The molecule has 0 aliphatic heterocycles. The van der Waals surface area contributed by atoms with Gasteiger partial charge >= 0.3 is 0 Å². The molecule has 0 aromatic carbocycles. The molecule has 0 spiro atoms. The van der Waals surface area contributed by atoms with E-state index in [-0.39, 0.29) is 12.1 Å². The third kappa shape index (κ3) is 2.13. The van der Waals surface area contributed by atoms with Crippen molar-refractivity contribution in [1.82, 2.24) is 24.0 Å². The van der Waals surface area contributed by atoms with E-state index < -0.39 is 0 Å². The number of aliphatic hydroxyl groups excluding tert-OH is 1. The second-order valence-corrected chi connectivity index (χ2v) is 6.22. The van der Waals surface area contributed by atoms with Crippen molar-refractivity contribution >= 4 is 17.1 Å². The molecule has 1 fully saturated rings. The van der Waals surface area contributed by atoms with E-state index in [1.54, 1.807) is 6.20 Å². The average molecular weight is 320 g/mol. The molecule has 2 N–H and O–H groups in total. The first kappa shape index (κ1) is 13.5. The van der Waals surface area contributed by atoms with Gasteiger partial charge in [0.25, 0.3) is 0 Å². The van der Waals surface area contributed by atoms with Crippen molar-refractivity contribution in [2.24, 2.45) is 0 Å². The largest absolute Gasteiger partial charge is 0.393 e. The first-order chi connectivity index (χ1) is 11.8. The average Bonchev–Trinajstić information content (AvgIpc) is 3.18. The molecule has 7 heteroatoms. The van der Waals surface area contributed by atoms with Crippen LogP contribution in [0, 0.1) is 0 Å². The molecule has 1 aliphatic carbocycles. The van der Waals surface area contributed by atoms with Gasteiger partial charge in [-0.25, -0.2) is 14.5 Å². The molecule has 4 aromatic heterocycles. The lowest BCUT2D eigenvalue weighted by Crippen LogP contribution is -2.39. The normalized spacial score (nSPS) is 20.4. The maximum Gasteiger partial charge on any atom is 0.241 e. The van der Waals surface area contributed by atoms with E-state index in [4.69, 9.17) is 0 Å². The smallest absolute Gasteiger partial charge is 0.241 e. The molecule has 7 nitrogen and oxygen atoms in total. The van der Waals surface area contributed by atoms with Crippen molar-refractivity contribution in [2.75, 3.05) is 5.32 Å². The Morgan fingerprint density at radius 1 is 1.12 bits per heavy atom. The van der Waals surface area contributed by atoms with Crippen molar-refractivity contribution in [3.05, 3.63) is 49.2 Å². The fourth-order valence-electron chi connectivity index (χ4n) is 3.18. The Balaban J connectivity index is 1.50. The third-order valence-electron chi connectivity index (χ3n) is 4.56. The highest BCUT2D eigenvalue weighted by Gasteiger charge is 2.27. The molecule has 0 saturated heterocycles. The van der Waals surface area contributed by atoms with Crippen LogP contribution in [0.2, 0.25) is 0 Å². The minimum atomic E-state index is -0.192. The Bertz CT molecular complexity index is 1030. The first-order valence-corrected chi connectivity index (χ1v) is 7.98. The second-order valence-electron chi connectivity index (χ2n) is 6.22. The van der Waals surface area contributed by atoms with Crippen molar-refractivity contribution in [1.29, 1.82) is 0 Å². The van der Waals surface area contributed by atoms with Gasteiger partial charge in [-0.3, -0.25) is 0 Å². The highest BCUT2D eigenvalue weighted by atomic mass is 16.3. The summed E-state index contributed by atoms with van der Waals surface area (Å²) in [6, 6.07) is 6.35. The van der Waals surface area contributed by atoms with Crippen molar-refractivity contribution < 1.29 is 5.11 Å². The summed E-state index contributed by atoms with van der Waals surface area (Å²) < 4.78 is 3.83. The van der Waals surface area contributed by atoms with Crippen LogP contribution in [0.15, 0.2) is 49.2 Å². The van der Waals surface area contributed by atoms with Gasteiger partial charge in [-0.2, -0.15) is 0 Å². The van der Waals surface area contributed by atoms with Crippen molar-refractivity contribution in [3.8, 4) is 11.1 Å². The summed E-state index contributed by atoms with van der Waals surface area (Å²) in [5.74, 6) is 0.589. The number of aromatic nitrogens is 5. The molecular formula is C17H16N6O. The Kier molecular flexibility index (Phi) is 2.83. The zero-order chi connectivity index (χ0) is 16.1. The molecule has 0 amide bonds. The van der Waals surface area contributed by atoms with Crippen LogP contribution in [0.4, 0.5) is 5.95 Å². The number of hydrogen-bond acceptors (Lipinski definition) is 5. The second kappa shape index (κ2) is 5.04. The molecule has 1 aliphatic rings. The summed E-state index contributed by atoms with van der Waals surface area (Å²) in [6.07, 6.45) is 10.9. The van der Waals surface area contributed by atoms with E-state index in [9.17, 15) is 5.11 Å². The highest BCUT2D eigenvalue weighted by molar-refractivity contribution is 5.80. The predicted molar refractivity (Wildman–Crippen MR) is 89.8 cm³/mol. The van der Waals surface area contributed by atoms with Crippen molar-refractivity contribution in [3.63, 3.8) is 0 Å². The van der Waals surface area contributed by atoms with Crippen LogP contribution < -0.4 is 5.32 Å². The van der Waals surface area contributed by atoms with Gasteiger partial charge in [0, 0.05) is 42.0 Å². The molecule has 4 heterocycles. The molecule has 1 saturated carbocycles. The minimum Gasteiger partial charge on any atom is -0.393 e. The predicted octanol–water partition coefficient (Wildman–Crippen LogP) is 1.98. The first-order valence-electron chi connectivity index (χ1n) is 7.98. The van der Waals surface area contributed by atoms with Crippen LogP contribution in [-0.2, 0) is 0 Å². The van der Waals surface area contributed by atoms with Gasteiger partial charge in [0.05, 0.1) is 17.8 Å². The Hall–Kier alpha value is -2.93. The molecule has 0 radical (unpaired) electrons. The number of nitrogens with one attached hydrogen (secondary N) is 1. The lowest BCUT2D eigenvalue weighted by Gasteiger charge is -2.31. The van der Waals surface area contributed by atoms with E-state index >= 15 is 0 Å². The van der Waals surface area contributed by atoms with Gasteiger partial charge in [-0.1, -0.05) is 0 Å². The van der Waals surface area contributed by atoms with E-state index in [1.807, 2.05) is 39.6 Å². The van der Waals surface area contributed by atoms with E-state index in [0.717, 1.165) is 35.1 Å². The SMILES string of the molecule is O[C@H]1C[C@@H](Nc2ncc3c(-c4ccc5nccn5c4)ccn3n2)C1. The number of imidazole rings is 1. The number of nitrogens with zero attached hydrogens (tertiary/aromatic N) is 5. The van der Waals surface area contributed by atoms with Gasteiger partial charge < -0.3 is 14.8 Å². The lowest BCUT2D eigenvalue weighted by molar-refractivity contribution is 0.0833. The summed E-state index contributed by atoms with van der Waals surface area (Å²) in [6.45, 7) is 0. The number of rotatable bonds is 3. The van der Waals surface area contributed by atoms with Gasteiger partial charge in [-0.05, 0) is 31.0 Å². The zero-order valence-corrected chi connectivity index (χ0v) is 12.9. The molecule has 0 bridgehead atoms. The number of hydrogen-bond donors (Lipinski definition) is 2. The standard InChI is InChI=1S/C17H16N6O/c24-13-7-12(8-13)20-17-19-9-15-14(3-5-23(15)21-17)11-1-2-16-18-4-6-22(16)10-11/h1-6,9-10,12-13,24H,7-8H2,(H,20,21)/t12-,13+. The Labute approximate surface area is 137 Å². The number of fused-ring (bicyclic) bond motifs is 2. The van der Waals surface area contributed by atoms with Crippen LogP contribution in [0.25, 0.3) is 22.3 Å². The molecule has 0 unspecified atom stereocenters. The summed E-state index contributed by atoms with van der Waals surface area (Å²) in [5.41, 5.74) is 4.05. The number of anilines is 1. The summed E-state index contributed by atoms with van der Waals surface area (Å²) >= 11 is 0. The van der Waals surface area contributed by atoms with Crippen LogP contribution >= 0.6 is 0 Å². The van der Waals surface area contributed by atoms with Gasteiger partial charge in [-0.15, -0.1) is 5.10 Å². The van der Waals surface area contributed by atoms with Gasteiger partial charge in [0.1, 0.15) is 5.65 Å². The quantitative estimate of drug-likeness (QED) is 0.603. The molecule has 24 heavy (non-hydrogen) atoms. The monoisotopic (exact) mass is 320 g/mol. The van der Waals surface area contributed by atoms with Crippen LogP contribution in [0.5, 0.6) is 0 Å². The van der Waals surface area contributed by atoms with Crippen molar-refractivity contribution in [2.45, 2.75) is 25.0 Å². The number of aliphatic hydroxyl groups is 1. The highest BCUT2D eigenvalue weighted by Crippen LogP contribution is 2.26.